The van der Waals surface area contributed by atoms with E-state index in [9.17, 15) is 18.0 Å². The number of sulfonamides is 1. The molecule has 2 aromatic rings. The molecule has 0 aliphatic carbocycles. The van der Waals surface area contributed by atoms with Crippen LogP contribution < -0.4 is 14.8 Å². The van der Waals surface area contributed by atoms with Gasteiger partial charge in [-0.3, -0.25) is 9.59 Å². The van der Waals surface area contributed by atoms with Crippen molar-refractivity contribution in [3.05, 3.63) is 35.2 Å². The maximum absolute atomic E-state index is 12.7. The fourth-order valence-corrected chi connectivity index (χ4v) is 3.99. The summed E-state index contributed by atoms with van der Waals surface area (Å²) in [4.78, 5) is 23.9. The number of carbonyl (C=O) groups excluding carboxylic acids is 2. The van der Waals surface area contributed by atoms with Gasteiger partial charge in [-0.1, -0.05) is 19.0 Å². The Morgan fingerprint density at radius 2 is 2.04 bits per heavy atom. The molecular weight excluding hydrogens is 386 g/mol. The minimum absolute atomic E-state index is 0.134. The van der Waals surface area contributed by atoms with Crippen molar-refractivity contribution in [3.63, 3.8) is 0 Å². The van der Waals surface area contributed by atoms with Gasteiger partial charge in [0.2, 0.25) is 5.76 Å². The van der Waals surface area contributed by atoms with E-state index in [1.165, 1.54) is 18.2 Å². The number of carbonyl (C=O) groups is 2. The molecule has 1 aromatic carbocycles. The van der Waals surface area contributed by atoms with Crippen LogP contribution >= 0.6 is 0 Å². The molecular formula is C18H21N3O6S. The third-order valence-electron chi connectivity index (χ3n) is 4.12. The lowest BCUT2D eigenvalue weighted by atomic mass is 10.1. The molecule has 0 bridgehead atoms. The summed E-state index contributed by atoms with van der Waals surface area (Å²) >= 11 is 0. The first kappa shape index (κ1) is 19.9. The Labute approximate surface area is 162 Å². The van der Waals surface area contributed by atoms with Crippen LogP contribution in [0, 0.1) is 12.8 Å². The summed E-state index contributed by atoms with van der Waals surface area (Å²) in [5.41, 5.74) is 1.29. The zero-order chi connectivity index (χ0) is 20.6. The Morgan fingerprint density at radius 3 is 2.71 bits per heavy atom. The quantitative estimate of drug-likeness (QED) is 0.776. The minimum atomic E-state index is -4.20. The lowest BCUT2D eigenvalue weighted by Crippen LogP contribution is -2.35. The first-order valence-corrected chi connectivity index (χ1v) is 10.2. The van der Waals surface area contributed by atoms with E-state index < -0.39 is 22.0 Å². The Hall–Kier alpha value is -2.88. The van der Waals surface area contributed by atoms with Crippen LogP contribution in [-0.2, 0) is 21.2 Å². The van der Waals surface area contributed by atoms with Gasteiger partial charge in [0.1, 0.15) is 5.75 Å². The van der Waals surface area contributed by atoms with Crippen molar-refractivity contribution in [2.24, 2.45) is 5.92 Å². The number of hydrogen-bond donors (Lipinski definition) is 2. The van der Waals surface area contributed by atoms with Gasteiger partial charge in [-0.15, -0.1) is 0 Å². The predicted octanol–water partition coefficient (Wildman–Crippen LogP) is 2.02. The summed E-state index contributed by atoms with van der Waals surface area (Å²) < 4.78 is 37.8. The number of ether oxygens (including phenoxy) is 1. The number of aromatic nitrogens is 1. The van der Waals surface area contributed by atoms with Gasteiger partial charge in [-0.25, -0.2) is 13.1 Å². The zero-order valence-electron chi connectivity index (χ0n) is 15.9. The van der Waals surface area contributed by atoms with E-state index in [4.69, 9.17) is 9.26 Å². The number of anilines is 1. The summed E-state index contributed by atoms with van der Waals surface area (Å²) in [6, 6.07) is 4.18. The fraction of sp³-hybridized carbons (Fsp3) is 0.389. The molecule has 0 saturated carbocycles. The Morgan fingerprint density at radius 1 is 1.32 bits per heavy atom. The van der Waals surface area contributed by atoms with Crippen molar-refractivity contribution in [2.75, 3.05) is 5.32 Å². The Bertz CT molecular complexity index is 1040. The van der Waals surface area contributed by atoms with Gasteiger partial charge in [0.15, 0.2) is 6.10 Å². The van der Waals surface area contributed by atoms with E-state index in [2.05, 4.69) is 10.5 Å². The highest BCUT2D eigenvalue weighted by Gasteiger charge is 2.29. The van der Waals surface area contributed by atoms with E-state index in [1.54, 1.807) is 13.8 Å². The van der Waals surface area contributed by atoms with Gasteiger partial charge in [0, 0.05) is 12.1 Å². The van der Waals surface area contributed by atoms with Crippen molar-refractivity contribution in [2.45, 2.75) is 45.1 Å². The molecule has 2 amide bonds. The second-order valence-electron chi connectivity index (χ2n) is 7.08. The van der Waals surface area contributed by atoms with Gasteiger partial charge in [0.05, 0.1) is 16.3 Å². The van der Waals surface area contributed by atoms with E-state index in [-0.39, 0.29) is 22.3 Å². The first-order chi connectivity index (χ1) is 13.1. The van der Waals surface area contributed by atoms with Gasteiger partial charge < -0.3 is 14.6 Å². The molecule has 150 valence electrons. The summed E-state index contributed by atoms with van der Waals surface area (Å²) in [6.07, 6.45) is -0.150. The number of amides is 2. The summed E-state index contributed by atoms with van der Waals surface area (Å²) in [5, 5.41) is 6.42. The molecule has 2 heterocycles. The maximum Gasteiger partial charge on any atom is 0.303 e. The molecule has 28 heavy (non-hydrogen) atoms. The van der Waals surface area contributed by atoms with Crippen LogP contribution in [-0.4, -0.2) is 31.5 Å². The second kappa shape index (κ2) is 7.27. The fourth-order valence-electron chi connectivity index (χ4n) is 2.79. The normalized spacial score (nSPS) is 16.3. The maximum atomic E-state index is 12.7. The molecule has 1 aliphatic rings. The van der Waals surface area contributed by atoms with Crippen LogP contribution in [0.25, 0.3) is 0 Å². The third kappa shape index (κ3) is 4.01. The van der Waals surface area contributed by atoms with Crippen LogP contribution in [0.2, 0.25) is 0 Å². The summed E-state index contributed by atoms with van der Waals surface area (Å²) in [6.45, 7) is 7.08. The van der Waals surface area contributed by atoms with Crippen molar-refractivity contribution in [3.8, 4) is 5.75 Å². The topological polar surface area (TPSA) is 128 Å². The Kier molecular flexibility index (Phi) is 5.16. The molecule has 1 atom stereocenters. The van der Waals surface area contributed by atoms with Crippen LogP contribution in [0.5, 0.6) is 5.75 Å². The average Bonchev–Trinajstić information content (AvgIpc) is 3.03. The SMILES string of the molecule is Cc1cc2c(cc1S(=O)(=O)NC(=O)c1cc(CC(C)C)no1)O[C@@H](C)C(=O)N2. The van der Waals surface area contributed by atoms with Crippen LogP contribution in [0.3, 0.4) is 0 Å². The van der Waals surface area contributed by atoms with Gasteiger partial charge in [-0.2, -0.15) is 0 Å². The number of nitrogens with zero attached hydrogens (tertiary/aromatic N) is 1. The number of hydrogen-bond acceptors (Lipinski definition) is 7. The monoisotopic (exact) mass is 407 g/mol. The number of nitrogens with one attached hydrogen (secondary N) is 2. The first-order valence-electron chi connectivity index (χ1n) is 8.71. The largest absolute Gasteiger partial charge is 0.479 e. The Balaban J connectivity index is 1.85. The van der Waals surface area contributed by atoms with Crippen LogP contribution in [0.4, 0.5) is 5.69 Å². The van der Waals surface area contributed by atoms with E-state index in [1.807, 2.05) is 18.6 Å². The average molecular weight is 407 g/mol. The third-order valence-corrected chi connectivity index (χ3v) is 5.60. The van der Waals surface area contributed by atoms with Gasteiger partial charge in [0.25, 0.3) is 15.9 Å². The second-order valence-corrected chi connectivity index (χ2v) is 8.73. The van der Waals surface area contributed by atoms with Crippen molar-refractivity contribution in [1.82, 2.24) is 9.88 Å². The molecule has 0 saturated heterocycles. The highest BCUT2D eigenvalue weighted by molar-refractivity contribution is 7.90. The number of benzene rings is 1. The highest BCUT2D eigenvalue weighted by atomic mass is 32.2. The van der Waals surface area contributed by atoms with Gasteiger partial charge >= 0.3 is 5.91 Å². The van der Waals surface area contributed by atoms with E-state index >= 15 is 0 Å². The van der Waals surface area contributed by atoms with Gasteiger partial charge in [-0.05, 0) is 37.8 Å². The highest BCUT2D eigenvalue weighted by Crippen LogP contribution is 2.34. The smallest absolute Gasteiger partial charge is 0.303 e. The molecule has 0 spiro atoms. The molecule has 2 N–H and O–H groups in total. The molecule has 1 aromatic heterocycles. The summed E-state index contributed by atoms with van der Waals surface area (Å²) in [7, 11) is -4.20. The minimum Gasteiger partial charge on any atom is -0.479 e. The molecule has 3 rings (SSSR count). The lowest BCUT2D eigenvalue weighted by molar-refractivity contribution is -0.122. The molecule has 0 unspecified atom stereocenters. The van der Waals surface area contributed by atoms with E-state index in [0.29, 0.717) is 29.3 Å². The molecule has 0 fully saturated rings. The van der Waals surface area contributed by atoms with E-state index in [0.717, 1.165) is 0 Å². The molecule has 1 aliphatic heterocycles. The predicted molar refractivity (Wildman–Crippen MR) is 99.6 cm³/mol. The number of fused-ring (bicyclic) bond motifs is 1. The zero-order valence-corrected chi connectivity index (χ0v) is 16.7. The van der Waals surface area contributed by atoms with Crippen LogP contribution in [0.1, 0.15) is 42.6 Å². The number of aryl methyl sites for hydroxylation is 1. The number of rotatable bonds is 5. The van der Waals surface area contributed by atoms with Crippen molar-refractivity contribution >= 4 is 27.5 Å². The molecule has 0 radical (unpaired) electrons. The standard InChI is InChI=1S/C18H21N3O6S/c1-9(2)5-12-7-15(27-20-12)18(23)21-28(24,25)16-8-14-13(6-10(16)3)19-17(22)11(4)26-14/h6-9,11H,5H2,1-4H3,(H,19,22)(H,21,23)/t11-/m0/s1. The molecule has 9 nitrogen and oxygen atoms in total. The van der Waals surface area contributed by atoms with Crippen molar-refractivity contribution < 1.29 is 27.3 Å². The lowest BCUT2D eigenvalue weighted by Gasteiger charge is -2.24. The van der Waals surface area contributed by atoms with Crippen LogP contribution in [0.15, 0.2) is 27.6 Å². The van der Waals surface area contributed by atoms with Crippen molar-refractivity contribution in [1.29, 1.82) is 0 Å². The molecule has 10 heteroatoms. The summed E-state index contributed by atoms with van der Waals surface area (Å²) in [5.74, 6) is -0.900.